The average molecular weight is 165 g/mol. The van der Waals surface area contributed by atoms with Gasteiger partial charge in [0.05, 0.1) is 0 Å². The fraction of sp³-hybridized carbons (Fsp3) is 0. The van der Waals surface area contributed by atoms with Crippen LogP contribution in [0.3, 0.4) is 0 Å². The van der Waals surface area contributed by atoms with Crippen molar-refractivity contribution in [3.8, 4) is 0 Å². The zero-order valence-electron chi connectivity index (χ0n) is 6.29. The Morgan fingerprint density at radius 3 is 2.42 bits per heavy atom. The first-order valence-corrected chi connectivity index (χ1v) is 3.32. The van der Waals surface area contributed by atoms with Crippen LogP contribution in [0.15, 0.2) is 29.4 Å². The molecule has 0 saturated carbocycles. The zero-order chi connectivity index (χ0) is 8.97. The molecule has 0 amide bonds. The molecule has 0 fully saturated rings. The van der Waals surface area contributed by atoms with Gasteiger partial charge in [-0.1, -0.05) is 0 Å². The summed E-state index contributed by atoms with van der Waals surface area (Å²) in [6.07, 6.45) is 1.02. The van der Waals surface area contributed by atoms with E-state index in [2.05, 4.69) is 5.10 Å². The maximum Gasteiger partial charge on any atom is 0.123 e. The Morgan fingerprint density at radius 2 is 2.00 bits per heavy atom. The fourth-order valence-corrected chi connectivity index (χ4v) is 0.816. The molecule has 3 N–H and O–H groups in total. The lowest BCUT2D eigenvalue weighted by atomic mass is 10.1. The fourth-order valence-electron chi connectivity index (χ4n) is 0.816. The van der Waals surface area contributed by atoms with Gasteiger partial charge in [-0.15, -0.1) is 0 Å². The Labute approximate surface area is 69.2 Å². The van der Waals surface area contributed by atoms with Crippen molar-refractivity contribution in [3.63, 3.8) is 0 Å². The quantitative estimate of drug-likeness (QED) is 0.385. The predicted molar refractivity (Wildman–Crippen MR) is 45.9 cm³/mol. The summed E-state index contributed by atoms with van der Waals surface area (Å²) in [6.45, 7) is 0. The van der Waals surface area contributed by atoms with Gasteiger partial charge in [-0.25, -0.2) is 4.39 Å². The first kappa shape index (κ1) is 8.39. The van der Waals surface area contributed by atoms with Gasteiger partial charge in [-0.3, -0.25) is 0 Å². The monoisotopic (exact) mass is 165 g/mol. The van der Waals surface area contributed by atoms with Crippen LogP contribution in [0.4, 0.5) is 4.39 Å². The molecule has 12 heavy (non-hydrogen) atoms. The molecule has 3 nitrogen and oxygen atoms in total. The second-order valence-corrected chi connectivity index (χ2v) is 2.17. The van der Waals surface area contributed by atoms with Gasteiger partial charge in [0.1, 0.15) is 11.5 Å². The second-order valence-electron chi connectivity index (χ2n) is 2.17. The minimum Gasteiger partial charge on any atom is -0.323 e. The van der Waals surface area contributed by atoms with Crippen molar-refractivity contribution in [1.82, 2.24) is 0 Å². The molecule has 0 spiro atoms. The Hall–Kier alpha value is -1.71. The molecule has 62 valence electrons. The molecule has 0 aromatic heterocycles. The number of nitrogens with one attached hydrogen (secondary N) is 1. The molecular weight excluding hydrogens is 157 g/mol. The van der Waals surface area contributed by atoms with Gasteiger partial charge in [-0.2, -0.15) is 5.10 Å². The maximum atomic E-state index is 12.4. The number of hydrazone groups is 1. The molecule has 1 aromatic rings. The van der Waals surface area contributed by atoms with Crippen LogP contribution < -0.4 is 5.84 Å². The molecule has 0 heterocycles. The van der Waals surface area contributed by atoms with Crippen LogP contribution in [-0.2, 0) is 0 Å². The summed E-state index contributed by atoms with van der Waals surface area (Å²) < 4.78 is 12.4. The minimum atomic E-state index is -0.319. The molecule has 1 rings (SSSR count). The number of benzene rings is 1. The third-order valence-electron chi connectivity index (χ3n) is 1.42. The van der Waals surface area contributed by atoms with E-state index in [1.165, 1.54) is 24.3 Å². The van der Waals surface area contributed by atoms with Crippen molar-refractivity contribution in [2.24, 2.45) is 10.9 Å². The number of halogens is 1. The zero-order valence-corrected chi connectivity index (χ0v) is 6.29. The first-order chi connectivity index (χ1) is 5.77. The SMILES string of the molecule is N=C/C(=N\N)c1ccc(F)cc1. The minimum absolute atomic E-state index is 0.319. The highest BCUT2D eigenvalue weighted by atomic mass is 19.1. The first-order valence-electron chi connectivity index (χ1n) is 3.32. The number of hydrogen-bond donors (Lipinski definition) is 2. The van der Waals surface area contributed by atoms with Crippen LogP contribution in [0.5, 0.6) is 0 Å². The van der Waals surface area contributed by atoms with Gasteiger partial charge in [-0.05, 0) is 24.3 Å². The summed E-state index contributed by atoms with van der Waals surface area (Å²) in [6, 6.07) is 5.63. The highest BCUT2D eigenvalue weighted by Crippen LogP contribution is 2.02. The van der Waals surface area contributed by atoms with E-state index in [1.54, 1.807) is 0 Å². The average Bonchev–Trinajstić information content (AvgIpc) is 2.10. The van der Waals surface area contributed by atoms with Gasteiger partial charge >= 0.3 is 0 Å². The summed E-state index contributed by atoms with van der Waals surface area (Å²) in [4.78, 5) is 0. The molecule has 0 aliphatic rings. The standard InChI is InChI=1S/C8H8FN3/c9-7-3-1-6(2-4-7)8(5-10)12-11/h1-5,10H,11H2/b10-5?,12-8+. The van der Waals surface area contributed by atoms with Crippen LogP contribution in [0, 0.1) is 11.2 Å². The van der Waals surface area contributed by atoms with Gasteiger partial charge in [0.2, 0.25) is 0 Å². The Bertz CT molecular complexity index is 303. The molecule has 0 unspecified atom stereocenters. The van der Waals surface area contributed by atoms with E-state index in [0.29, 0.717) is 11.3 Å². The lowest BCUT2D eigenvalue weighted by Gasteiger charge is -1.97. The van der Waals surface area contributed by atoms with Gasteiger partial charge in [0.25, 0.3) is 0 Å². The number of nitrogens with two attached hydrogens (primary N) is 1. The third kappa shape index (κ3) is 1.66. The van der Waals surface area contributed by atoms with Gasteiger partial charge in [0.15, 0.2) is 0 Å². The van der Waals surface area contributed by atoms with E-state index in [1.807, 2.05) is 0 Å². The molecule has 0 bridgehead atoms. The van der Waals surface area contributed by atoms with E-state index in [-0.39, 0.29) is 5.82 Å². The van der Waals surface area contributed by atoms with Crippen molar-refractivity contribution in [1.29, 1.82) is 5.41 Å². The maximum absolute atomic E-state index is 12.4. The number of rotatable bonds is 2. The number of hydrogen-bond acceptors (Lipinski definition) is 3. The van der Waals surface area contributed by atoms with E-state index in [0.717, 1.165) is 6.21 Å². The van der Waals surface area contributed by atoms with Crippen LogP contribution in [0.2, 0.25) is 0 Å². The Kier molecular flexibility index (Phi) is 2.53. The van der Waals surface area contributed by atoms with Crippen LogP contribution in [0.25, 0.3) is 0 Å². The normalized spacial score (nSPS) is 11.2. The van der Waals surface area contributed by atoms with E-state index in [9.17, 15) is 4.39 Å². The van der Waals surface area contributed by atoms with Crippen molar-refractivity contribution >= 4 is 11.9 Å². The van der Waals surface area contributed by atoms with Gasteiger partial charge in [0, 0.05) is 11.8 Å². The van der Waals surface area contributed by atoms with E-state index in [4.69, 9.17) is 11.3 Å². The molecule has 0 aliphatic heterocycles. The molecule has 0 saturated heterocycles. The topological polar surface area (TPSA) is 62.2 Å². The van der Waals surface area contributed by atoms with Crippen molar-refractivity contribution in [2.75, 3.05) is 0 Å². The smallest absolute Gasteiger partial charge is 0.123 e. The summed E-state index contributed by atoms with van der Waals surface area (Å²) >= 11 is 0. The molecule has 4 heteroatoms. The third-order valence-corrected chi connectivity index (χ3v) is 1.42. The lowest BCUT2D eigenvalue weighted by Crippen LogP contribution is -2.04. The van der Waals surface area contributed by atoms with Crippen molar-refractivity contribution < 1.29 is 4.39 Å². The second kappa shape index (κ2) is 3.61. The van der Waals surface area contributed by atoms with Crippen molar-refractivity contribution in [3.05, 3.63) is 35.6 Å². The lowest BCUT2D eigenvalue weighted by molar-refractivity contribution is 0.628. The van der Waals surface area contributed by atoms with Gasteiger partial charge < -0.3 is 11.3 Å². The highest BCUT2D eigenvalue weighted by Gasteiger charge is 1.98. The van der Waals surface area contributed by atoms with Crippen LogP contribution in [0.1, 0.15) is 5.56 Å². The largest absolute Gasteiger partial charge is 0.323 e. The van der Waals surface area contributed by atoms with Crippen molar-refractivity contribution in [2.45, 2.75) is 0 Å². The summed E-state index contributed by atoms with van der Waals surface area (Å²) in [5, 5.41) is 10.3. The Balaban J connectivity index is 3.04. The summed E-state index contributed by atoms with van der Waals surface area (Å²) in [7, 11) is 0. The molecular formula is C8H8FN3. The predicted octanol–water partition coefficient (Wildman–Crippen LogP) is 1.14. The molecule has 1 aromatic carbocycles. The van der Waals surface area contributed by atoms with E-state index < -0.39 is 0 Å². The van der Waals surface area contributed by atoms with E-state index >= 15 is 0 Å². The Morgan fingerprint density at radius 1 is 1.42 bits per heavy atom. The van der Waals surface area contributed by atoms with Crippen LogP contribution in [-0.4, -0.2) is 11.9 Å². The molecule has 0 radical (unpaired) electrons. The number of nitrogens with zero attached hydrogens (tertiary/aromatic N) is 1. The molecule has 0 atom stereocenters. The highest BCUT2D eigenvalue weighted by molar-refractivity contribution is 6.37. The summed E-state index contributed by atoms with van der Waals surface area (Å²) in [5.41, 5.74) is 0.962. The van der Waals surface area contributed by atoms with Crippen LogP contribution >= 0.6 is 0 Å². The molecule has 0 aliphatic carbocycles. The summed E-state index contributed by atoms with van der Waals surface area (Å²) in [5.74, 6) is 4.68.